The topological polar surface area (TPSA) is 126 Å². The van der Waals surface area contributed by atoms with E-state index in [1.807, 2.05) is 55.5 Å². The van der Waals surface area contributed by atoms with Crippen LogP contribution in [0.25, 0.3) is 0 Å². The Balaban J connectivity index is 1.68. The van der Waals surface area contributed by atoms with Gasteiger partial charge in [0, 0.05) is 16.5 Å². The highest BCUT2D eigenvalue weighted by Crippen LogP contribution is 2.24. The number of nitrogens with two attached hydrogens (primary N) is 1. The summed E-state index contributed by atoms with van der Waals surface area (Å²) in [4.78, 5) is 25.6. The van der Waals surface area contributed by atoms with Crippen LogP contribution in [0.5, 0.6) is 0 Å². The van der Waals surface area contributed by atoms with E-state index in [1.165, 1.54) is 11.3 Å². The fourth-order valence-electron chi connectivity index (χ4n) is 2.93. The molecule has 1 aliphatic rings. The molecule has 0 fully saturated rings. The first-order chi connectivity index (χ1) is 14.5. The SMILES string of the molecule is Cc1nc(C(=N)O/C(N)=N/C2N=C(c3ccccc3)c3ccccc3NC2=O)cs1. The Kier molecular flexibility index (Phi) is 5.36. The molecule has 1 unspecified atom stereocenters. The second-order valence-corrected chi connectivity index (χ2v) is 7.46. The molecule has 2 heterocycles. The summed E-state index contributed by atoms with van der Waals surface area (Å²) in [5.74, 6) is -0.693. The third-order valence-electron chi connectivity index (χ3n) is 4.28. The van der Waals surface area contributed by atoms with Crippen LogP contribution in [0.1, 0.15) is 21.8 Å². The number of rotatable bonds is 3. The third kappa shape index (κ3) is 4.11. The molecule has 1 atom stereocenters. The van der Waals surface area contributed by atoms with Gasteiger partial charge >= 0.3 is 0 Å². The first-order valence-electron chi connectivity index (χ1n) is 9.07. The number of fused-ring (bicyclic) bond motifs is 1. The van der Waals surface area contributed by atoms with Crippen molar-refractivity contribution in [2.45, 2.75) is 13.1 Å². The first kappa shape index (κ1) is 19.5. The highest BCUT2D eigenvalue weighted by atomic mass is 32.1. The number of ether oxygens (including phenoxy) is 1. The van der Waals surface area contributed by atoms with Gasteiger partial charge in [0.05, 0.1) is 16.4 Å². The van der Waals surface area contributed by atoms with Crippen molar-refractivity contribution in [1.82, 2.24) is 4.98 Å². The zero-order valence-electron chi connectivity index (χ0n) is 16.0. The molecule has 4 rings (SSSR count). The Morgan fingerprint density at radius 3 is 2.67 bits per heavy atom. The number of para-hydroxylation sites is 1. The Labute approximate surface area is 176 Å². The van der Waals surface area contributed by atoms with Gasteiger partial charge in [-0.1, -0.05) is 48.5 Å². The molecule has 9 heteroatoms. The normalized spacial score (nSPS) is 16.2. The molecular formula is C21H18N6O2S. The van der Waals surface area contributed by atoms with Crippen LogP contribution in [0, 0.1) is 12.3 Å². The number of thiazole rings is 1. The lowest BCUT2D eigenvalue weighted by Crippen LogP contribution is -2.29. The number of amidine groups is 1. The fraction of sp³-hybridized carbons (Fsp3) is 0.0952. The molecule has 0 saturated heterocycles. The van der Waals surface area contributed by atoms with Crippen molar-refractivity contribution >= 4 is 40.6 Å². The number of benzodiazepines with no additional fused rings is 1. The van der Waals surface area contributed by atoms with Gasteiger partial charge < -0.3 is 15.8 Å². The van der Waals surface area contributed by atoms with Crippen molar-refractivity contribution in [3.05, 3.63) is 81.8 Å². The van der Waals surface area contributed by atoms with Crippen molar-refractivity contribution in [3.8, 4) is 0 Å². The Morgan fingerprint density at radius 1 is 1.20 bits per heavy atom. The number of carbonyl (C=O) groups is 1. The van der Waals surface area contributed by atoms with Gasteiger partial charge in [0.15, 0.2) is 0 Å². The van der Waals surface area contributed by atoms with Crippen LogP contribution in [-0.2, 0) is 9.53 Å². The van der Waals surface area contributed by atoms with Crippen molar-refractivity contribution in [2.24, 2.45) is 15.7 Å². The molecule has 0 bridgehead atoms. The number of nitrogens with zero attached hydrogens (tertiary/aromatic N) is 3. The number of anilines is 1. The lowest BCUT2D eigenvalue weighted by atomic mass is 10.0. The van der Waals surface area contributed by atoms with Crippen molar-refractivity contribution in [1.29, 1.82) is 5.41 Å². The van der Waals surface area contributed by atoms with E-state index < -0.39 is 12.1 Å². The fourth-order valence-corrected chi connectivity index (χ4v) is 3.52. The maximum atomic E-state index is 12.7. The smallest absolute Gasteiger partial charge is 0.291 e. The molecular weight excluding hydrogens is 400 g/mol. The molecule has 1 amide bonds. The predicted octanol–water partition coefficient (Wildman–Crippen LogP) is 2.92. The molecule has 0 spiro atoms. The molecule has 0 radical (unpaired) electrons. The van der Waals surface area contributed by atoms with Gasteiger partial charge in [-0.25, -0.2) is 9.98 Å². The number of benzene rings is 2. The standard InChI is InChI=1S/C21H18N6O2S/c1-12-24-16(11-30-12)18(22)29-21(23)27-19-20(28)25-15-10-6-5-9-14(15)17(26-19)13-7-3-2-4-8-13/h2-11,19,22H,1H3,(H2,23,27)(H,25,28). The van der Waals surface area contributed by atoms with Gasteiger partial charge in [-0.15, -0.1) is 11.3 Å². The van der Waals surface area contributed by atoms with Crippen molar-refractivity contribution in [3.63, 3.8) is 0 Å². The average molecular weight is 418 g/mol. The highest BCUT2D eigenvalue weighted by Gasteiger charge is 2.26. The van der Waals surface area contributed by atoms with E-state index in [-0.39, 0.29) is 11.9 Å². The minimum atomic E-state index is -1.17. The van der Waals surface area contributed by atoms with Gasteiger partial charge in [-0.2, -0.15) is 4.99 Å². The molecule has 0 saturated carbocycles. The summed E-state index contributed by atoms with van der Waals surface area (Å²) in [5, 5.41) is 13.3. The van der Waals surface area contributed by atoms with Crippen LogP contribution in [0.3, 0.4) is 0 Å². The number of amides is 1. The molecule has 150 valence electrons. The monoisotopic (exact) mass is 418 g/mol. The number of aromatic nitrogens is 1. The zero-order valence-corrected chi connectivity index (χ0v) is 16.8. The Bertz CT molecular complexity index is 1170. The largest absolute Gasteiger partial charge is 0.405 e. The number of nitrogens with one attached hydrogen (secondary N) is 2. The van der Waals surface area contributed by atoms with E-state index in [0.717, 1.165) is 16.1 Å². The van der Waals surface area contributed by atoms with Gasteiger partial charge in [0.25, 0.3) is 11.9 Å². The van der Waals surface area contributed by atoms with Crippen molar-refractivity contribution < 1.29 is 9.53 Å². The van der Waals surface area contributed by atoms with Crippen LogP contribution in [0.4, 0.5) is 5.69 Å². The van der Waals surface area contributed by atoms with Crippen LogP contribution < -0.4 is 11.1 Å². The Hall–Kier alpha value is -3.85. The number of hydrogen-bond acceptors (Lipinski definition) is 7. The van der Waals surface area contributed by atoms with Gasteiger partial charge in [0.2, 0.25) is 12.1 Å². The second kappa shape index (κ2) is 8.26. The minimum Gasteiger partial charge on any atom is -0.405 e. The van der Waals surface area contributed by atoms with E-state index in [1.54, 1.807) is 11.4 Å². The number of carbonyl (C=O) groups excluding carboxylic acids is 1. The molecule has 3 aromatic rings. The van der Waals surface area contributed by atoms with E-state index in [2.05, 4.69) is 20.3 Å². The molecule has 2 aromatic carbocycles. The van der Waals surface area contributed by atoms with Crippen molar-refractivity contribution in [2.75, 3.05) is 5.32 Å². The summed E-state index contributed by atoms with van der Waals surface area (Å²) in [6.45, 7) is 1.83. The minimum absolute atomic E-state index is 0.245. The van der Waals surface area contributed by atoms with E-state index in [9.17, 15) is 4.79 Å². The molecule has 30 heavy (non-hydrogen) atoms. The van der Waals surface area contributed by atoms with Gasteiger partial charge in [0.1, 0.15) is 5.69 Å². The second-order valence-electron chi connectivity index (χ2n) is 6.40. The Morgan fingerprint density at radius 2 is 1.93 bits per heavy atom. The molecule has 0 aliphatic carbocycles. The molecule has 8 nitrogen and oxygen atoms in total. The number of aliphatic imine (C=N–C) groups is 2. The highest BCUT2D eigenvalue weighted by molar-refractivity contribution is 7.09. The predicted molar refractivity (Wildman–Crippen MR) is 117 cm³/mol. The summed E-state index contributed by atoms with van der Waals surface area (Å²) in [6, 6.07) is 16.6. The van der Waals surface area contributed by atoms with Gasteiger partial charge in [-0.05, 0) is 13.0 Å². The maximum Gasteiger partial charge on any atom is 0.291 e. The summed E-state index contributed by atoms with van der Waals surface area (Å²) in [5.41, 5.74) is 9.07. The van der Waals surface area contributed by atoms with E-state index in [4.69, 9.17) is 15.9 Å². The van der Waals surface area contributed by atoms with Crippen LogP contribution in [-0.4, -0.2) is 34.7 Å². The maximum absolute atomic E-state index is 12.7. The quantitative estimate of drug-likeness (QED) is 0.446. The lowest BCUT2D eigenvalue weighted by molar-refractivity contribution is -0.117. The van der Waals surface area contributed by atoms with E-state index in [0.29, 0.717) is 17.1 Å². The molecule has 4 N–H and O–H groups in total. The number of hydrogen-bond donors (Lipinski definition) is 3. The van der Waals surface area contributed by atoms with Crippen LogP contribution in [0.2, 0.25) is 0 Å². The summed E-state index contributed by atoms with van der Waals surface area (Å²) in [6.07, 6.45) is -1.17. The van der Waals surface area contributed by atoms with Crippen LogP contribution in [0.15, 0.2) is 70.0 Å². The lowest BCUT2D eigenvalue weighted by Gasteiger charge is -2.09. The third-order valence-corrected chi connectivity index (χ3v) is 5.05. The number of aryl methyl sites for hydroxylation is 1. The zero-order chi connectivity index (χ0) is 21.1. The summed E-state index contributed by atoms with van der Waals surface area (Å²) >= 11 is 1.39. The molecule has 1 aromatic heterocycles. The average Bonchev–Trinajstić information content (AvgIpc) is 3.13. The van der Waals surface area contributed by atoms with E-state index >= 15 is 0 Å². The van der Waals surface area contributed by atoms with Crippen LogP contribution >= 0.6 is 11.3 Å². The first-order valence-corrected chi connectivity index (χ1v) is 9.95. The van der Waals surface area contributed by atoms with Gasteiger partial charge in [-0.3, -0.25) is 10.2 Å². The molecule has 1 aliphatic heterocycles. The summed E-state index contributed by atoms with van der Waals surface area (Å²) < 4.78 is 5.27. The summed E-state index contributed by atoms with van der Waals surface area (Å²) in [7, 11) is 0.